The molecule has 0 bridgehead atoms. The second kappa shape index (κ2) is 5.34. The van der Waals surface area contributed by atoms with Crippen LogP contribution in [0.15, 0.2) is 18.5 Å². The van der Waals surface area contributed by atoms with E-state index in [0.717, 1.165) is 0 Å². The van der Waals surface area contributed by atoms with Crippen molar-refractivity contribution in [2.24, 2.45) is 0 Å². The Morgan fingerprint density at radius 3 is 2.84 bits per heavy atom. The zero-order chi connectivity index (χ0) is 17.8. The highest BCUT2D eigenvalue weighted by Gasteiger charge is 2.48. The summed E-state index contributed by atoms with van der Waals surface area (Å²) in [5.74, 6) is -4.51. The van der Waals surface area contributed by atoms with Gasteiger partial charge in [0.2, 0.25) is 5.91 Å². The van der Waals surface area contributed by atoms with E-state index in [4.69, 9.17) is 0 Å². The normalized spacial score (nSPS) is 26.0. The number of aliphatic hydroxyl groups is 1. The molecule has 25 heavy (non-hydrogen) atoms. The molecule has 9 nitrogen and oxygen atoms in total. The van der Waals surface area contributed by atoms with Gasteiger partial charge in [-0.2, -0.15) is 5.10 Å². The minimum absolute atomic E-state index is 0.0517. The molecule has 2 aliphatic rings. The lowest BCUT2D eigenvalue weighted by Crippen LogP contribution is -2.51. The predicted octanol–water partition coefficient (Wildman–Crippen LogP) is -0.532. The van der Waals surface area contributed by atoms with Crippen molar-refractivity contribution < 1.29 is 23.5 Å². The van der Waals surface area contributed by atoms with Gasteiger partial charge in [-0.15, -0.1) is 0 Å². The van der Waals surface area contributed by atoms with Crippen LogP contribution in [0.25, 0.3) is 5.65 Å². The van der Waals surface area contributed by atoms with Gasteiger partial charge in [0.15, 0.2) is 5.65 Å². The monoisotopic (exact) mass is 352 g/mol. The van der Waals surface area contributed by atoms with Crippen LogP contribution in [0.3, 0.4) is 0 Å². The summed E-state index contributed by atoms with van der Waals surface area (Å²) >= 11 is 0. The molecule has 0 radical (unpaired) electrons. The molecule has 2 saturated heterocycles. The number of fused-ring (bicyclic) bond motifs is 1. The maximum absolute atomic E-state index is 13.7. The zero-order valence-corrected chi connectivity index (χ0v) is 12.8. The Bertz CT molecular complexity index is 869. The van der Waals surface area contributed by atoms with Gasteiger partial charge in [-0.25, -0.2) is 23.1 Å². The summed E-state index contributed by atoms with van der Waals surface area (Å²) in [6.45, 7) is -0.865. The van der Waals surface area contributed by atoms with E-state index < -0.39 is 36.4 Å². The fourth-order valence-electron chi connectivity index (χ4n) is 3.04. The number of imide groups is 1. The van der Waals surface area contributed by atoms with E-state index in [1.165, 1.54) is 27.9 Å². The molecule has 0 saturated carbocycles. The molecule has 2 aliphatic heterocycles. The van der Waals surface area contributed by atoms with Gasteiger partial charge in [0.25, 0.3) is 5.92 Å². The molecular formula is C14H14F2N6O3. The Morgan fingerprint density at radius 2 is 2.16 bits per heavy atom. The molecule has 3 N–H and O–H groups in total. The van der Waals surface area contributed by atoms with Crippen LogP contribution in [0.5, 0.6) is 0 Å². The summed E-state index contributed by atoms with van der Waals surface area (Å²) in [6, 6.07) is 0.908. The lowest BCUT2D eigenvalue weighted by Gasteiger charge is -2.24. The van der Waals surface area contributed by atoms with Crippen molar-refractivity contribution in [3.8, 4) is 0 Å². The average molecular weight is 352 g/mol. The summed E-state index contributed by atoms with van der Waals surface area (Å²) in [5, 5.41) is 18.5. The SMILES string of the molecule is O=C1NCC(c2cc(N3C[C@@H](O)C(F)(F)C3)c3nccn3n2)C(=O)N1. The number of nitrogens with one attached hydrogen (secondary N) is 2. The number of amides is 3. The van der Waals surface area contributed by atoms with Crippen molar-refractivity contribution in [1.29, 1.82) is 0 Å². The number of alkyl halides is 2. The maximum Gasteiger partial charge on any atom is 0.321 e. The van der Waals surface area contributed by atoms with Gasteiger partial charge < -0.3 is 15.3 Å². The van der Waals surface area contributed by atoms with Gasteiger partial charge in [-0.1, -0.05) is 0 Å². The molecular weight excluding hydrogens is 338 g/mol. The quantitative estimate of drug-likeness (QED) is 0.670. The van der Waals surface area contributed by atoms with Crippen LogP contribution >= 0.6 is 0 Å². The van der Waals surface area contributed by atoms with Gasteiger partial charge in [0.05, 0.1) is 30.4 Å². The molecule has 2 fully saturated rings. The number of halogens is 2. The van der Waals surface area contributed by atoms with E-state index in [1.807, 2.05) is 0 Å². The van der Waals surface area contributed by atoms with Crippen LogP contribution in [0.4, 0.5) is 19.3 Å². The van der Waals surface area contributed by atoms with Gasteiger partial charge in [0, 0.05) is 18.9 Å². The van der Waals surface area contributed by atoms with Crippen LogP contribution in [0, 0.1) is 0 Å². The molecule has 4 heterocycles. The summed E-state index contributed by atoms with van der Waals surface area (Å²) in [6.07, 6.45) is 1.21. The summed E-state index contributed by atoms with van der Waals surface area (Å²) < 4.78 is 28.8. The van der Waals surface area contributed by atoms with E-state index >= 15 is 0 Å². The Labute approximate surface area is 139 Å². The van der Waals surface area contributed by atoms with E-state index in [9.17, 15) is 23.5 Å². The van der Waals surface area contributed by atoms with E-state index in [0.29, 0.717) is 17.0 Å². The van der Waals surface area contributed by atoms with Crippen molar-refractivity contribution >= 4 is 23.3 Å². The highest BCUT2D eigenvalue weighted by atomic mass is 19.3. The number of anilines is 1. The fraction of sp³-hybridized carbons (Fsp3) is 0.429. The lowest BCUT2D eigenvalue weighted by molar-refractivity contribution is -0.122. The molecule has 4 rings (SSSR count). The molecule has 11 heteroatoms. The third-order valence-electron chi connectivity index (χ3n) is 4.36. The first-order chi connectivity index (χ1) is 11.8. The van der Waals surface area contributed by atoms with Crippen LogP contribution in [0.1, 0.15) is 11.6 Å². The predicted molar refractivity (Wildman–Crippen MR) is 80.4 cm³/mol. The number of rotatable bonds is 2. The lowest BCUT2D eigenvalue weighted by atomic mass is 10.0. The molecule has 132 valence electrons. The number of aromatic nitrogens is 3. The number of aliphatic hydroxyl groups excluding tert-OH is 1. The highest BCUT2D eigenvalue weighted by Crippen LogP contribution is 2.34. The van der Waals surface area contributed by atoms with Crippen molar-refractivity contribution in [2.45, 2.75) is 17.9 Å². The molecule has 0 aromatic carbocycles. The largest absolute Gasteiger partial charge is 0.385 e. The maximum atomic E-state index is 13.7. The van der Waals surface area contributed by atoms with E-state index in [2.05, 4.69) is 20.7 Å². The number of urea groups is 1. The fourth-order valence-corrected chi connectivity index (χ4v) is 3.04. The van der Waals surface area contributed by atoms with Crippen LogP contribution in [-0.4, -0.2) is 63.3 Å². The van der Waals surface area contributed by atoms with E-state index in [-0.39, 0.29) is 13.1 Å². The van der Waals surface area contributed by atoms with E-state index in [1.54, 1.807) is 0 Å². The van der Waals surface area contributed by atoms with Crippen molar-refractivity contribution in [1.82, 2.24) is 25.2 Å². The molecule has 2 aromatic rings. The molecule has 2 aromatic heterocycles. The highest BCUT2D eigenvalue weighted by molar-refractivity contribution is 6.00. The van der Waals surface area contributed by atoms with Crippen molar-refractivity contribution in [2.75, 3.05) is 24.5 Å². The summed E-state index contributed by atoms with van der Waals surface area (Å²) in [4.78, 5) is 28.7. The minimum atomic E-state index is -3.23. The smallest absolute Gasteiger partial charge is 0.321 e. The van der Waals surface area contributed by atoms with Crippen LogP contribution in [-0.2, 0) is 4.79 Å². The first-order valence-electron chi connectivity index (χ1n) is 7.59. The number of carbonyl (C=O) groups excluding carboxylic acids is 2. The minimum Gasteiger partial charge on any atom is -0.385 e. The Hall–Kier alpha value is -2.82. The second-order valence-corrected chi connectivity index (χ2v) is 6.06. The Balaban J connectivity index is 1.76. The van der Waals surface area contributed by atoms with Gasteiger partial charge in [-0.3, -0.25) is 10.1 Å². The number of nitrogens with zero attached hydrogens (tertiary/aromatic N) is 4. The first kappa shape index (κ1) is 15.7. The Morgan fingerprint density at radius 1 is 1.36 bits per heavy atom. The summed E-state index contributed by atoms with van der Waals surface area (Å²) in [5.41, 5.74) is 0.993. The molecule has 3 amide bonds. The third kappa shape index (κ3) is 2.56. The first-order valence-corrected chi connectivity index (χ1v) is 7.59. The average Bonchev–Trinajstić information content (AvgIpc) is 3.11. The third-order valence-corrected chi connectivity index (χ3v) is 4.36. The van der Waals surface area contributed by atoms with Gasteiger partial charge in [0.1, 0.15) is 6.10 Å². The molecule has 0 aliphatic carbocycles. The van der Waals surface area contributed by atoms with Gasteiger partial charge >= 0.3 is 6.03 Å². The number of carbonyl (C=O) groups is 2. The summed E-state index contributed by atoms with van der Waals surface area (Å²) in [7, 11) is 0. The standard InChI is InChI=1S/C14H14F2N6O3/c15-14(16)6-21(5-10(14)23)9-3-8(20-22-2-1-17-11(9)22)7-4-18-13(25)19-12(7)24/h1-3,7,10,23H,4-6H2,(H2,18,19,24,25)/t7?,10-/m1/s1. The second-order valence-electron chi connectivity index (χ2n) is 6.06. The Kier molecular flexibility index (Phi) is 3.35. The number of β-amino-alcohol motifs (C(OH)–C–C–N with tert-alkyl or cyclic N) is 1. The number of imidazole rings is 1. The number of hydrogen-bond acceptors (Lipinski definition) is 6. The van der Waals surface area contributed by atoms with Crippen molar-refractivity contribution in [3.05, 3.63) is 24.2 Å². The zero-order valence-electron chi connectivity index (χ0n) is 12.8. The molecule has 0 spiro atoms. The van der Waals surface area contributed by atoms with Crippen LogP contribution in [0.2, 0.25) is 0 Å². The molecule has 1 unspecified atom stereocenters. The van der Waals surface area contributed by atoms with Crippen LogP contribution < -0.4 is 15.5 Å². The topological polar surface area (TPSA) is 112 Å². The molecule has 2 atom stereocenters. The number of hydrogen-bond donors (Lipinski definition) is 3. The van der Waals surface area contributed by atoms with Crippen molar-refractivity contribution in [3.63, 3.8) is 0 Å². The van der Waals surface area contributed by atoms with Gasteiger partial charge in [-0.05, 0) is 6.07 Å².